The van der Waals surface area contributed by atoms with Crippen LogP contribution in [0.15, 0.2) is 0 Å². The highest BCUT2D eigenvalue weighted by Crippen LogP contribution is 2.49. The lowest BCUT2D eigenvalue weighted by atomic mass is 9.94. The van der Waals surface area contributed by atoms with Gasteiger partial charge in [0, 0.05) is 18.0 Å². The summed E-state index contributed by atoms with van der Waals surface area (Å²) in [6.07, 6.45) is 7.34. The molecule has 96 valence electrons. The fourth-order valence-corrected chi connectivity index (χ4v) is 3.28. The number of nitrogens with one attached hydrogen (secondary N) is 2. The first-order valence-electron chi connectivity index (χ1n) is 7.28. The normalized spacial score (nSPS) is 33.8. The summed E-state index contributed by atoms with van der Waals surface area (Å²) in [6, 6.07) is 0.966. The second kappa shape index (κ2) is 4.60. The molecule has 2 atom stereocenters. The van der Waals surface area contributed by atoms with Crippen molar-refractivity contribution in [3.05, 3.63) is 0 Å². The number of amides is 1. The van der Waals surface area contributed by atoms with Crippen molar-refractivity contribution in [1.82, 2.24) is 10.6 Å². The Kier molecular flexibility index (Phi) is 3.12. The average molecular weight is 236 g/mol. The minimum atomic E-state index is 0.361. The third-order valence-corrected chi connectivity index (χ3v) is 4.53. The van der Waals surface area contributed by atoms with E-state index in [0.29, 0.717) is 23.9 Å². The summed E-state index contributed by atoms with van der Waals surface area (Å²) in [5.74, 6) is 2.18. The zero-order valence-corrected chi connectivity index (χ0v) is 10.7. The van der Waals surface area contributed by atoms with Gasteiger partial charge in [-0.1, -0.05) is 0 Å². The van der Waals surface area contributed by atoms with E-state index in [1.165, 1.54) is 25.7 Å². The van der Waals surface area contributed by atoms with Crippen LogP contribution in [0.1, 0.15) is 45.4 Å². The Hall–Kier alpha value is -0.570. The topological polar surface area (TPSA) is 41.1 Å². The Balaban J connectivity index is 1.54. The minimum Gasteiger partial charge on any atom is -0.353 e. The van der Waals surface area contributed by atoms with E-state index < -0.39 is 0 Å². The quantitative estimate of drug-likeness (QED) is 0.780. The lowest BCUT2D eigenvalue weighted by Crippen LogP contribution is -2.48. The van der Waals surface area contributed by atoms with E-state index in [-0.39, 0.29) is 0 Å². The van der Waals surface area contributed by atoms with E-state index >= 15 is 0 Å². The van der Waals surface area contributed by atoms with Crippen molar-refractivity contribution in [2.24, 2.45) is 17.8 Å². The van der Waals surface area contributed by atoms with E-state index in [2.05, 4.69) is 17.6 Å². The van der Waals surface area contributed by atoms with E-state index in [4.69, 9.17) is 0 Å². The van der Waals surface area contributed by atoms with Crippen LogP contribution in [-0.4, -0.2) is 24.5 Å². The van der Waals surface area contributed by atoms with Gasteiger partial charge in [0.1, 0.15) is 0 Å². The molecule has 17 heavy (non-hydrogen) atoms. The molecule has 1 heterocycles. The SMILES string of the molecule is CC1CC(NC(=O)C(C2CC2)C2CC2)CCN1. The molecule has 1 aliphatic heterocycles. The molecule has 1 saturated heterocycles. The van der Waals surface area contributed by atoms with Crippen LogP contribution in [0.3, 0.4) is 0 Å². The first kappa shape index (κ1) is 11.5. The minimum absolute atomic E-state index is 0.361. The number of carbonyl (C=O) groups is 1. The summed E-state index contributed by atoms with van der Waals surface area (Å²) < 4.78 is 0. The third kappa shape index (κ3) is 2.82. The summed E-state index contributed by atoms with van der Waals surface area (Å²) in [4.78, 5) is 12.3. The van der Waals surface area contributed by atoms with Crippen molar-refractivity contribution in [2.75, 3.05) is 6.54 Å². The van der Waals surface area contributed by atoms with E-state index in [0.717, 1.165) is 31.2 Å². The molecule has 3 rings (SSSR count). The number of hydrogen-bond acceptors (Lipinski definition) is 2. The monoisotopic (exact) mass is 236 g/mol. The predicted molar refractivity (Wildman–Crippen MR) is 67.6 cm³/mol. The first-order chi connectivity index (χ1) is 8.24. The molecule has 0 bridgehead atoms. The Morgan fingerprint density at radius 3 is 2.35 bits per heavy atom. The molecule has 3 heteroatoms. The van der Waals surface area contributed by atoms with Crippen LogP contribution >= 0.6 is 0 Å². The summed E-state index contributed by atoms with van der Waals surface area (Å²) >= 11 is 0. The summed E-state index contributed by atoms with van der Waals surface area (Å²) in [5.41, 5.74) is 0. The van der Waals surface area contributed by atoms with Crippen molar-refractivity contribution in [3.8, 4) is 0 Å². The van der Waals surface area contributed by atoms with Crippen LogP contribution in [0.4, 0.5) is 0 Å². The van der Waals surface area contributed by atoms with Crippen molar-refractivity contribution in [3.63, 3.8) is 0 Å². The molecule has 3 nitrogen and oxygen atoms in total. The molecule has 3 fully saturated rings. The molecule has 2 unspecified atom stereocenters. The molecule has 1 amide bonds. The summed E-state index contributed by atoms with van der Waals surface area (Å²) in [5, 5.41) is 6.75. The molecule has 3 aliphatic rings. The van der Waals surface area contributed by atoms with Gasteiger partial charge in [-0.15, -0.1) is 0 Å². The Bertz CT molecular complexity index is 285. The van der Waals surface area contributed by atoms with Gasteiger partial charge in [-0.2, -0.15) is 0 Å². The maximum atomic E-state index is 12.3. The van der Waals surface area contributed by atoms with Gasteiger partial charge in [0.15, 0.2) is 0 Å². The van der Waals surface area contributed by atoms with Gasteiger partial charge >= 0.3 is 0 Å². The highest BCUT2D eigenvalue weighted by Gasteiger charge is 2.45. The van der Waals surface area contributed by atoms with Gasteiger partial charge in [-0.3, -0.25) is 4.79 Å². The highest BCUT2D eigenvalue weighted by atomic mass is 16.2. The van der Waals surface area contributed by atoms with E-state index in [1.807, 2.05) is 0 Å². The Labute approximate surface area is 104 Å². The van der Waals surface area contributed by atoms with Gasteiger partial charge in [-0.05, 0) is 63.8 Å². The van der Waals surface area contributed by atoms with Gasteiger partial charge < -0.3 is 10.6 Å². The fraction of sp³-hybridized carbons (Fsp3) is 0.929. The molecule has 0 aromatic rings. The lowest BCUT2D eigenvalue weighted by Gasteiger charge is -2.30. The molecule has 0 aromatic carbocycles. The van der Waals surface area contributed by atoms with Crippen molar-refractivity contribution >= 4 is 5.91 Å². The van der Waals surface area contributed by atoms with E-state index in [1.54, 1.807) is 0 Å². The zero-order chi connectivity index (χ0) is 11.8. The summed E-state index contributed by atoms with van der Waals surface area (Å²) in [7, 11) is 0. The van der Waals surface area contributed by atoms with E-state index in [9.17, 15) is 4.79 Å². The third-order valence-electron chi connectivity index (χ3n) is 4.53. The largest absolute Gasteiger partial charge is 0.353 e. The molecule has 2 saturated carbocycles. The molecular formula is C14H24N2O. The number of hydrogen-bond donors (Lipinski definition) is 2. The van der Waals surface area contributed by atoms with Gasteiger partial charge in [0.05, 0.1) is 0 Å². The molecular weight excluding hydrogens is 212 g/mol. The van der Waals surface area contributed by atoms with Crippen LogP contribution < -0.4 is 10.6 Å². The van der Waals surface area contributed by atoms with Crippen LogP contribution in [0.25, 0.3) is 0 Å². The van der Waals surface area contributed by atoms with Crippen LogP contribution in [0, 0.1) is 17.8 Å². The highest BCUT2D eigenvalue weighted by molar-refractivity contribution is 5.80. The molecule has 0 spiro atoms. The van der Waals surface area contributed by atoms with Crippen molar-refractivity contribution in [2.45, 2.75) is 57.5 Å². The Morgan fingerprint density at radius 1 is 1.18 bits per heavy atom. The van der Waals surface area contributed by atoms with Gasteiger partial charge in [0.2, 0.25) is 5.91 Å². The first-order valence-corrected chi connectivity index (χ1v) is 7.28. The maximum absolute atomic E-state index is 12.3. The second-order valence-corrected chi connectivity index (χ2v) is 6.29. The van der Waals surface area contributed by atoms with Gasteiger partial charge in [-0.25, -0.2) is 0 Å². The van der Waals surface area contributed by atoms with Crippen LogP contribution in [0.5, 0.6) is 0 Å². The second-order valence-electron chi connectivity index (χ2n) is 6.29. The number of rotatable bonds is 4. The molecule has 2 aliphatic carbocycles. The smallest absolute Gasteiger partial charge is 0.223 e. The summed E-state index contributed by atoms with van der Waals surface area (Å²) in [6.45, 7) is 3.25. The van der Waals surface area contributed by atoms with Crippen molar-refractivity contribution in [1.29, 1.82) is 0 Å². The molecule has 0 radical (unpaired) electrons. The van der Waals surface area contributed by atoms with Crippen LogP contribution in [-0.2, 0) is 4.79 Å². The fourth-order valence-electron chi connectivity index (χ4n) is 3.28. The van der Waals surface area contributed by atoms with Crippen molar-refractivity contribution < 1.29 is 4.79 Å². The average Bonchev–Trinajstić information content (AvgIpc) is 3.11. The number of piperidine rings is 1. The zero-order valence-electron chi connectivity index (χ0n) is 10.7. The number of carbonyl (C=O) groups excluding carboxylic acids is 1. The maximum Gasteiger partial charge on any atom is 0.223 e. The molecule has 0 aromatic heterocycles. The standard InChI is InChI=1S/C14H24N2O/c1-9-8-12(6-7-15-9)16-14(17)13(10-2-3-10)11-4-5-11/h9-13,15H,2-8H2,1H3,(H,16,17). The van der Waals surface area contributed by atoms with Gasteiger partial charge in [0.25, 0.3) is 0 Å². The Morgan fingerprint density at radius 2 is 1.82 bits per heavy atom. The predicted octanol–water partition coefficient (Wildman–Crippen LogP) is 1.68. The lowest BCUT2D eigenvalue weighted by molar-refractivity contribution is -0.127. The molecule has 2 N–H and O–H groups in total. The van der Waals surface area contributed by atoms with Crippen LogP contribution in [0.2, 0.25) is 0 Å².